The van der Waals surface area contributed by atoms with Crippen LogP contribution < -0.4 is 11.1 Å². The number of rotatable bonds is 3. The average Bonchev–Trinajstić information content (AvgIpc) is 2.55. The van der Waals surface area contributed by atoms with Crippen LogP contribution in [0.3, 0.4) is 0 Å². The van der Waals surface area contributed by atoms with E-state index in [9.17, 15) is 9.90 Å². The molecule has 4 N–H and O–H groups in total. The number of nitrogens with one attached hydrogen (secondary N) is 1. The minimum Gasteiger partial charge on any atom is -0.508 e. The maximum Gasteiger partial charge on any atom is 0.224 e. The Kier molecular flexibility index (Phi) is 4.80. The monoisotopic (exact) mass is 262 g/mol. The summed E-state index contributed by atoms with van der Waals surface area (Å²) in [6.45, 7) is 0. The molecule has 1 fully saturated rings. The van der Waals surface area contributed by atoms with E-state index in [1.54, 1.807) is 18.2 Å². The first kappa shape index (κ1) is 13.9. The highest BCUT2D eigenvalue weighted by Crippen LogP contribution is 2.17. The fourth-order valence-corrected chi connectivity index (χ4v) is 2.63. The number of amides is 1. The van der Waals surface area contributed by atoms with E-state index < -0.39 is 0 Å². The fraction of sp³-hybridized carbons (Fsp3) is 0.533. The predicted octanol–water partition coefficient (Wildman–Crippen LogP) is 1.71. The maximum absolute atomic E-state index is 12.0. The summed E-state index contributed by atoms with van der Waals surface area (Å²) in [5.41, 5.74) is 6.91. The fourth-order valence-electron chi connectivity index (χ4n) is 2.63. The number of nitrogens with two attached hydrogens (primary N) is 1. The van der Waals surface area contributed by atoms with Gasteiger partial charge in [0.05, 0.1) is 6.42 Å². The molecule has 0 spiro atoms. The Morgan fingerprint density at radius 1 is 1.32 bits per heavy atom. The molecule has 2 unspecified atom stereocenters. The van der Waals surface area contributed by atoms with Crippen LogP contribution in [0.4, 0.5) is 0 Å². The SMILES string of the molecule is NC1CCCCCC1NC(=O)Cc1cccc(O)c1. The molecule has 1 aliphatic carbocycles. The van der Waals surface area contributed by atoms with Gasteiger partial charge in [-0.1, -0.05) is 31.4 Å². The molecule has 2 rings (SSSR count). The van der Waals surface area contributed by atoms with Crippen molar-refractivity contribution in [1.29, 1.82) is 0 Å². The Bertz CT molecular complexity index is 434. The van der Waals surface area contributed by atoms with Gasteiger partial charge in [0.25, 0.3) is 0 Å². The van der Waals surface area contributed by atoms with Crippen LogP contribution in [-0.2, 0) is 11.2 Å². The smallest absolute Gasteiger partial charge is 0.224 e. The predicted molar refractivity (Wildman–Crippen MR) is 74.8 cm³/mol. The van der Waals surface area contributed by atoms with Gasteiger partial charge in [0, 0.05) is 12.1 Å². The Morgan fingerprint density at radius 2 is 2.11 bits per heavy atom. The number of carbonyl (C=O) groups excluding carboxylic acids is 1. The highest BCUT2D eigenvalue weighted by atomic mass is 16.3. The number of aromatic hydroxyl groups is 1. The summed E-state index contributed by atoms with van der Waals surface area (Å²) in [6.07, 6.45) is 5.72. The molecule has 1 aliphatic rings. The van der Waals surface area contributed by atoms with Gasteiger partial charge < -0.3 is 16.2 Å². The second kappa shape index (κ2) is 6.57. The molecule has 1 amide bonds. The molecule has 1 aromatic carbocycles. The number of phenolic OH excluding ortho intramolecular Hbond substituents is 1. The van der Waals surface area contributed by atoms with E-state index >= 15 is 0 Å². The van der Waals surface area contributed by atoms with Gasteiger partial charge in [0.2, 0.25) is 5.91 Å². The largest absolute Gasteiger partial charge is 0.508 e. The summed E-state index contributed by atoms with van der Waals surface area (Å²) < 4.78 is 0. The first-order chi connectivity index (χ1) is 9.15. The first-order valence-corrected chi connectivity index (χ1v) is 6.98. The topological polar surface area (TPSA) is 75.3 Å². The van der Waals surface area contributed by atoms with E-state index in [1.807, 2.05) is 6.07 Å². The molecule has 0 radical (unpaired) electrons. The quantitative estimate of drug-likeness (QED) is 0.726. The zero-order valence-corrected chi connectivity index (χ0v) is 11.1. The van der Waals surface area contributed by atoms with Crippen molar-refractivity contribution in [1.82, 2.24) is 5.32 Å². The molecule has 0 saturated heterocycles. The van der Waals surface area contributed by atoms with Gasteiger partial charge in [-0.15, -0.1) is 0 Å². The normalized spacial score (nSPS) is 23.6. The molecule has 0 heterocycles. The molecule has 4 nitrogen and oxygen atoms in total. The lowest BCUT2D eigenvalue weighted by molar-refractivity contribution is -0.121. The second-order valence-corrected chi connectivity index (χ2v) is 5.32. The molecular formula is C15H22N2O2. The third-order valence-corrected chi connectivity index (χ3v) is 3.69. The van der Waals surface area contributed by atoms with E-state index in [1.165, 1.54) is 6.42 Å². The average molecular weight is 262 g/mol. The Balaban J connectivity index is 1.89. The minimum absolute atomic E-state index is 0.0204. The zero-order valence-electron chi connectivity index (χ0n) is 11.1. The van der Waals surface area contributed by atoms with Gasteiger partial charge in [-0.25, -0.2) is 0 Å². The number of benzene rings is 1. The molecule has 0 aromatic heterocycles. The van der Waals surface area contributed by atoms with Crippen molar-refractivity contribution in [2.45, 2.75) is 50.6 Å². The van der Waals surface area contributed by atoms with Crippen molar-refractivity contribution in [3.05, 3.63) is 29.8 Å². The maximum atomic E-state index is 12.0. The number of carbonyl (C=O) groups is 1. The Morgan fingerprint density at radius 3 is 2.89 bits per heavy atom. The summed E-state index contributed by atoms with van der Waals surface area (Å²) in [4.78, 5) is 12.0. The van der Waals surface area contributed by atoms with Crippen LogP contribution in [0.1, 0.15) is 37.7 Å². The molecule has 0 aliphatic heterocycles. The summed E-state index contributed by atoms with van der Waals surface area (Å²) in [5, 5.41) is 12.4. The van der Waals surface area contributed by atoms with Crippen molar-refractivity contribution < 1.29 is 9.90 Å². The third-order valence-electron chi connectivity index (χ3n) is 3.69. The van der Waals surface area contributed by atoms with Crippen LogP contribution in [0.5, 0.6) is 5.75 Å². The summed E-state index contributed by atoms with van der Waals surface area (Å²) in [7, 11) is 0. The van der Waals surface area contributed by atoms with E-state index in [0.717, 1.165) is 31.2 Å². The standard InChI is InChI=1S/C15H22N2O2/c16-13-7-2-1-3-8-14(13)17-15(19)10-11-5-4-6-12(18)9-11/h4-6,9,13-14,18H,1-3,7-8,10,16H2,(H,17,19). The van der Waals surface area contributed by atoms with Crippen LogP contribution in [0.2, 0.25) is 0 Å². The van der Waals surface area contributed by atoms with Crippen LogP contribution in [0, 0.1) is 0 Å². The van der Waals surface area contributed by atoms with E-state index in [-0.39, 0.29) is 30.2 Å². The van der Waals surface area contributed by atoms with Gasteiger partial charge in [-0.2, -0.15) is 0 Å². The van der Waals surface area contributed by atoms with Crippen molar-refractivity contribution >= 4 is 5.91 Å². The van der Waals surface area contributed by atoms with Crippen molar-refractivity contribution in [3.8, 4) is 5.75 Å². The van der Waals surface area contributed by atoms with Crippen molar-refractivity contribution in [2.75, 3.05) is 0 Å². The van der Waals surface area contributed by atoms with Crippen LogP contribution in [0.25, 0.3) is 0 Å². The lowest BCUT2D eigenvalue weighted by Crippen LogP contribution is -2.47. The van der Waals surface area contributed by atoms with Gasteiger partial charge in [0.1, 0.15) is 5.75 Å². The van der Waals surface area contributed by atoms with Gasteiger partial charge in [0.15, 0.2) is 0 Å². The van der Waals surface area contributed by atoms with Crippen LogP contribution in [0.15, 0.2) is 24.3 Å². The third kappa shape index (κ3) is 4.24. The van der Waals surface area contributed by atoms with E-state index in [0.29, 0.717) is 0 Å². The molecule has 4 heteroatoms. The summed E-state index contributed by atoms with van der Waals surface area (Å²) in [6, 6.07) is 6.96. The molecular weight excluding hydrogens is 240 g/mol. The molecule has 2 atom stereocenters. The summed E-state index contributed by atoms with van der Waals surface area (Å²) >= 11 is 0. The van der Waals surface area contributed by atoms with Gasteiger partial charge in [-0.3, -0.25) is 4.79 Å². The number of hydrogen-bond acceptors (Lipinski definition) is 3. The van der Waals surface area contributed by atoms with Crippen LogP contribution in [-0.4, -0.2) is 23.1 Å². The van der Waals surface area contributed by atoms with Crippen molar-refractivity contribution in [3.63, 3.8) is 0 Å². The molecule has 1 saturated carbocycles. The van der Waals surface area contributed by atoms with Crippen molar-refractivity contribution in [2.24, 2.45) is 5.73 Å². The first-order valence-electron chi connectivity index (χ1n) is 6.98. The Hall–Kier alpha value is -1.55. The highest BCUT2D eigenvalue weighted by molar-refractivity contribution is 5.79. The lowest BCUT2D eigenvalue weighted by Gasteiger charge is -2.22. The van der Waals surface area contributed by atoms with Gasteiger partial charge >= 0.3 is 0 Å². The van der Waals surface area contributed by atoms with E-state index in [4.69, 9.17) is 5.73 Å². The zero-order chi connectivity index (χ0) is 13.7. The summed E-state index contributed by atoms with van der Waals surface area (Å²) in [5.74, 6) is 0.171. The van der Waals surface area contributed by atoms with Gasteiger partial charge in [-0.05, 0) is 30.5 Å². The van der Waals surface area contributed by atoms with E-state index in [2.05, 4.69) is 5.32 Å². The number of hydrogen-bond donors (Lipinski definition) is 3. The Labute approximate surface area is 114 Å². The molecule has 0 bridgehead atoms. The molecule has 19 heavy (non-hydrogen) atoms. The molecule has 104 valence electrons. The van der Waals surface area contributed by atoms with Crippen LogP contribution >= 0.6 is 0 Å². The molecule has 1 aromatic rings. The second-order valence-electron chi connectivity index (χ2n) is 5.32. The highest BCUT2D eigenvalue weighted by Gasteiger charge is 2.21. The lowest BCUT2D eigenvalue weighted by atomic mass is 10.0. The number of phenols is 1. The minimum atomic E-state index is -0.0204.